The largest absolute Gasteiger partial charge is 0.310 e. The molecule has 103 heavy (non-hydrogen) atoms. The van der Waals surface area contributed by atoms with E-state index in [2.05, 4.69) is 293 Å². The zero-order chi connectivity index (χ0) is 68.3. The van der Waals surface area contributed by atoms with Crippen molar-refractivity contribution in [3.8, 4) is 96.3 Å². The smallest absolute Gasteiger partial charge is 0.235 e. The number of aromatic nitrogens is 9. The van der Waals surface area contributed by atoms with E-state index in [4.69, 9.17) is 29.9 Å². The van der Waals surface area contributed by atoms with E-state index in [9.17, 15) is 0 Å². The zero-order valence-corrected chi connectivity index (χ0v) is 56.6. The van der Waals surface area contributed by atoms with Crippen molar-refractivity contribution in [1.29, 1.82) is 0 Å². The molecule has 20 rings (SSSR count). The van der Waals surface area contributed by atoms with E-state index < -0.39 is 5.41 Å². The van der Waals surface area contributed by atoms with Crippen LogP contribution in [0.5, 0.6) is 0 Å². The Morgan fingerprint density at radius 2 is 0.825 bits per heavy atom. The molecule has 0 amide bonds. The number of nitrogens with zero attached hydrogens (tertiary/aromatic N) is 10. The van der Waals surface area contributed by atoms with E-state index in [1.165, 1.54) is 43.4 Å². The van der Waals surface area contributed by atoms with Gasteiger partial charge in [-0.2, -0.15) is 0 Å². The summed E-state index contributed by atoms with van der Waals surface area (Å²) in [6.45, 7) is 4.85. The molecule has 0 N–H and O–H groups in total. The van der Waals surface area contributed by atoms with E-state index >= 15 is 0 Å². The van der Waals surface area contributed by atoms with E-state index in [0.29, 0.717) is 23.2 Å². The highest BCUT2D eigenvalue weighted by atomic mass is 15.2. The summed E-state index contributed by atoms with van der Waals surface area (Å²) in [5.41, 5.74) is 25.2. The van der Waals surface area contributed by atoms with Crippen LogP contribution in [0.1, 0.15) is 37.8 Å². The van der Waals surface area contributed by atoms with Crippen molar-refractivity contribution >= 4 is 83.7 Å². The topological polar surface area (TPSA) is 95.4 Å². The maximum atomic E-state index is 5.41. The number of fused-ring (bicyclic) bond motifs is 11. The Balaban J connectivity index is 0.761. The molecule has 1 aliphatic carbocycles. The standard InChI is InChI=1S/C93H64N10/c1-93(2)75-55-74-70-33-16-18-38-83(70)101(67-45-40-61(41-46-67)91-96-78(59-24-7-3-8-25-59)56-79(97-91)60-26-9-4-10-27-60)88(74)58-89(75)102(66-30-13-6-14-31-66)87-39-23-34-68(90(87)93)64-44-49-86-73(54-64)72-53-63(62-42-47-84-71(52-62)69-32-15-17-37-82(69)100(84)65-28-11-5-12-29-65)43-48-85(72)103(86)92-98-80(76-35-19-21-50-94-76)57-81(99-92)77-36-20-22-51-95-77/h3-15,17,19-58H,16,18H2,1-2H3. The minimum absolute atomic E-state index is 0.497. The number of hydrogen-bond acceptors (Lipinski definition) is 7. The van der Waals surface area contributed by atoms with Gasteiger partial charge in [-0.3, -0.25) is 14.5 Å². The fourth-order valence-corrected chi connectivity index (χ4v) is 16.2. The quantitative estimate of drug-likeness (QED) is 0.127. The van der Waals surface area contributed by atoms with Gasteiger partial charge in [0, 0.05) is 89.1 Å². The van der Waals surface area contributed by atoms with Gasteiger partial charge >= 0.3 is 0 Å². The molecule has 18 aromatic rings. The van der Waals surface area contributed by atoms with Crippen molar-refractivity contribution in [2.24, 2.45) is 0 Å². The predicted molar refractivity (Wildman–Crippen MR) is 421 cm³/mol. The highest BCUT2D eigenvalue weighted by Crippen LogP contribution is 2.56. The third-order valence-electron chi connectivity index (χ3n) is 21.0. The molecule has 10 nitrogen and oxygen atoms in total. The van der Waals surface area contributed by atoms with Gasteiger partial charge in [0.25, 0.3) is 0 Å². The maximum absolute atomic E-state index is 5.41. The number of anilines is 3. The molecule has 1 aliphatic heterocycles. The number of benzene rings is 11. The second-order valence-electron chi connectivity index (χ2n) is 27.3. The van der Waals surface area contributed by atoms with Crippen LogP contribution in [0.25, 0.3) is 163 Å². The Hall–Kier alpha value is -13.4. The molecule has 0 saturated carbocycles. The molecular formula is C93H64N10. The van der Waals surface area contributed by atoms with Gasteiger partial charge in [0.1, 0.15) is 0 Å². The molecule has 11 aromatic carbocycles. The van der Waals surface area contributed by atoms with Crippen LogP contribution in [0.3, 0.4) is 0 Å². The Labute approximate surface area is 594 Å². The van der Waals surface area contributed by atoms with Gasteiger partial charge in [-0.25, -0.2) is 19.9 Å². The number of hydrogen-bond donors (Lipinski definition) is 0. The van der Waals surface area contributed by atoms with Crippen molar-refractivity contribution in [3.63, 3.8) is 0 Å². The van der Waals surface area contributed by atoms with Crippen LogP contribution in [0.15, 0.2) is 316 Å². The summed E-state index contributed by atoms with van der Waals surface area (Å²) >= 11 is 0. The molecule has 0 fully saturated rings. The zero-order valence-electron chi connectivity index (χ0n) is 56.6. The predicted octanol–water partition coefficient (Wildman–Crippen LogP) is 21.3. The van der Waals surface area contributed by atoms with Gasteiger partial charge in [-0.1, -0.05) is 184 Å². The van der Waals surface area contributed by atoms with Crippen LogP contribution in [-0.2, 0) is 5.41 Å². The molecule has 486 valence electrons. The third-order valence-corrected chi connectivity index (χ3v) is 21.0. The van der Waals surface area contributed by atoms with E-state index in [0.717, 1.165) is 136 Å². The van der Waals surface area contributed by atoms with Gasteiger partial charge in [0.05, 0.1) is 73.1 Å². The first-order chi connectivity index (χ1) is 50.8. The molecule has 10 heteroatoms. The van der Waals surface area contributed by atoms with Crippen molar-refractivity contribution in [3.05, 3.63) is 337 Å². The first-order valence-electron chi connectivity index (χ1n) is 35.2. The lowest BCUT2D eigenvalue weighted by Crippen LogP contribution is -2.31. The third kappa shape index (κ3) is 9.85. The monoisotopic (exact) mass is 1320 g/mol. The molecule has 0 radical (unpaired) electrons. The molecule has 0 unspecified atom stereocenters. The van der Waals surface area contributed by atoms with Crippen molar-refractivity contribution in [2.75, 3.05) is 4.90 Å². The van der Waals surface area contributed by atoms with Crippen molar-refractivity contribution in [2.45, 2.75) is 32.1 Å². The molecule has 0 atom stereocenters. The lowest BCUT2D eigenvalue weighted by Gasteiger charge is -2.43. The van der Waals surface area contributed by atoms with Crippen molar-refractivity contribution < 1.29 is 0 Å². The Kier molecular flexibility index (Phi) is 13.8. The summed E-state index contributed by atoms with van der Waals surface area (Å²) in [7, 11) is 0. The molecule has 7 aromatic heterocycles. The molecule has 2 aliphatic rings. The molecular weight excluding hydrogens is 1260 g/mol. The van der Waals surface area contributed by atoms with Gasteiger partial charge in [-0.05, 0) is 192 Å². The summed E-state index contributed by atoms with van der Waals surface area (Å²) in [5.74, 6) is 1.21. The Morgan fingerprint density at radius 3 is 1.46 bits per heavy atom. The number of para-hydroxylation sites is 3. The van der Waals surface area contributed by atoms with Gasteiger partial charge in [-0.15, -0.1) is 0 Å². The molecule has 8 heterocycles. The number of pyridine rings is 2. The fraction of sp³-hybridized carbons (Fsp3) is 0.0538. The maximum Gasteiger partial charge on any atom is 0.235 e. The summed E-state index contributed by atoms with van der Waals surface area (Å²) in [5, 5.41) is 8.26. The average Bonchev–Trinajstić information content (AvgIpc) is 1.63. The first-order valence-corrected chi connectivity index (χ1v) is 35.2. The first kappa shape index (κ1) is 59.6. The van der Waals surface area contributed by atoms with Gasteiger partial charge in [0.2, 0.25) is 5.95 Å². The number of rotatable bonds is 11. The van der Waals surface area contributed by atoms with E-state index in [-0.39, 0.29) is 0 Å². The second kappa shape index (κ2) is 23.9. The van der Waals surface area contributed by atoms with E-state index in [1.807, 2.05) is 67.0 Å². The minimum atomic E-state index is -0.497. The Bertz CT molecular complexity index is 6430. The van der Waals surface area contributed by atoms with Crippen LogP contribution in [0.4, 0.5) is 17.1 Å². The lowest BCUT2D eigenvalue weighted by atomic mass is 9.70. The fourth-order valence-electron chi connectivity index (χ4n) is 16.2. The normalized spacial score (nSPS) is 13.1. The van der Waals surface area contributed by atoms with E-state index in [1.54, 1.807) is 0 Å². The van der Waals surface area contributed by atoms with Crippen LogP contribution >= 0.6 is 0 Å². The lowest BCUT2D eigenvalue weighted by molar-refractivity contribution is 0.634. The highest BCUT2D eigenvalue weighted by Gasteiger charge is 2.40. The second-order valence-corrected chi connectivity index (χ2v) is 27.3. The minimum Gasteiger partial charge on any atom is -0.310 e. The molecule has 0 spiro atoms. The van der Waals surface area contributed by atoms with Crippen molar-refractivity contribution in [1.82, 2.24) is 43.6 Å². The Morgan fingerprint density at radius 1 is 0.311 bits per heavy atom. The highest BCUT2D eigenvalue weighted by molar-refractivity contribution is 6.14. The summed E-state index contributed by atoms with van der Waals surface area (Å²) in [6.07, 6.45) is 10.4. The van der Waals surface area contributed by atoms with Crippen LogP contribution in [-0.4, -0.2) is 43.6 Å². The summed E-state index contributed by atoms with van der Waals surface area (Å²) in [4.78, 5) is 33.4. The van der Waals surface area contributed by atoms with Gasteiger partial charge < -0.3 is 14.0 Å². The van der Waals surface area contributed by atoms with Crippen LogP contribution in [0.2, 0.25) is 0 Å². The summed E-state index contributed by atoms with van der Waals surface area (Å²) < 4.78 is 7.08. The SMILES string of the molecule is CC1(C)c2cc3c4c(n(-c5ccc(-c6nc(-c7ccccc7)cc(-c7ccccc7)n6)cc5)c3cc2N(c2ccccc2)c2cccc(-c3ccc5c(c3)c3cc(-c6ccc7c(c6)c6ccccc6n7-c6ccccc6)ccc3n5-c3nc(-c5ccccn5)cc(-c5ccccn5)n3)c21)=CCCC=4. The molecule has 0 bridgehead atoms. The summed E-state index contributed by atoms with van der Waals surface area (Å²) in [6, 6.07) is 109. The van der Waals surface area contributed by atoms with Gasteiger partial charge in [0.15, 0.2) is 5.82 Å². The molecule has 0 saturated heterocycles. The van der Waals surface area contributed by atoms with Crippen LogP contribution < -0.4 is 15.5 Å². The average molecular weight is 1320 g/mol. The van der Waals surface area contributed by atoms with Crippen LogP contribution in [0, 0.1) is 0 Å².